The molecule has 2 N–H and O–H groups in total. The van der Waals surface area contributed by atoms with E-state index in [1.165, 1.54) is 37.8 Å². The first-order valence-electron chi connectivity index (χ1n) is 6.69. The van der Waals surface area contributed by atoms with Crippen molar-refractivity contribution >= 4 is 11.5 Å². The third kappa shape index (κ3) is 5.54. The Morgan fingerprint density at radius 1 is 1.26 bits per heavy atom. The Morgan fingerprint density at radius 3 is 2.58 bits per heavy atom. The molecule has 0 aromatic carbocycles. The predicted octanol–water partition coefficient (Wildman–Crippen LogP) is 3.31. The zero-order chi connectivity index (χ0) is 14.1. The first-order valence-corrected chi connectivity index (χ1v) is 6.69. The number of aromatic nitrogens is 1. The number of anilines is 1. The number of nitrogen functional groups attached to an aromatic ring is 1. The largest absolute Gasteiger partial charge is 0.478 e. The molecule has 0 unspecified atom stereocenters. The van der Waals surface area contributed by atoms with Crippen LogP contribution in [0.25, 0.3) is 0 Å². The minimum absolute atomic E-state index is 0.106. The maximum Gasteiger partial charge on any atom is 0.311 e. The summed E-state index contributed by atoms with van der Waals surface area (Å²) in [6, 6.07) is 2.80. The summed E-state index contributed by atoms with van der Waals surface area (Å²) in [6.45, 7) is 2.75. The standard InChI is InChI=1S/C13H21N3O3/c1-2-3-4-5-6-7-10-19-12-9-8-11(16(17)18)13(14)15-12/h8-9H,2-7,10H2,1H3,(H2,14,15). The van der Waals surface area contributed by atoms with Gasteiger partial charge in [0, 0.05) is 12.1 Å². The molecule has 1 aromatic heterocycles. The average Bonchev–Trinajstić information content (AvgIpc) is 2.37. The number of unbranched alkanes of at least 4 members (excludes halogenated alkanes) is 5. The second kappa shape index (κ2) is 8.29. The fourth-order valence-corrected chi connectivity index (χ4v) is 1.74. The fraction of sp³-hybridized carbons (Fsp3) is 0.615. The van der Waals surface area contributed by atoms with Gasteiger partial charge in [0.15, 0.2) is 0 Å². The first kappa shape index (κ1) is 15.2. The molecule has 0 radical (unpaired) electrons. The van der Waals surface area contributed by atoms with Crippen molar-refractivity contribution in [3.63, 3.8) is 0 Å². The minimum Gasteiger partial charge on any atom is -0.478 e. The molecule has 0 aliphatic heterocycles. The monoisotopic (exact) mass is 267 g/mol. The Bertz CT molecular complexity index is 410. The molecule has 1 aromatic rings. The van der Waals surface area contributed by atoms with Crippen LogP contribution in [0.3, 0.4) is 0 Å². The molecule has 106 valence electrons. The van der Waals surface area contributed by atoms with Crippen molar-refractivity contribution in [1.29, 1.82) is 0 Å². The zero-order valence-corrected chi connectivity index (χ0v) is 11.3. The summed E-state index contributed by atoms with van der Waals surface area (Å²) in [6.07, 6.45) is 7.08. The molecule has 0 atom stereocenters. The summed E-state index contributed by atoms with van der Waals surface area (Å²) in [4.78, 5) is 13.9. The van der Waals surface area contributed by atoms with E-state index in [0.29, 0.717) is 12.5 Å². The van der Waals surface area contributed by atoms with Crippen LogP contribution in [-0.2, 0) is 0 Å². The molecule has 1 rings (SSSR count). The van der Waals surface area contributed by atoms with Crippen LogP contribution in [0, 0.1) is 10.1 Å². The first-order chi connectivity index (χ1) is 9.15. The van der Waals surface area contributed by atoms with Crippen LogP contribution in [0.15, 0.2) is 12.1 Å². The van der Waals surface area contributed by atoms with E-state index in [9.17, 15) is 10.1 Å². The summed E-state index contributed by atoms with van der Waals surface area (Å²) in [5, 5.41) is 10.6. The molecule has 6 heteroatoms. The number of nitro groups is 1. The van der Waals surface area contributed by atoms with Gasteiger partial charge in [-0.2, -0.15) is 4.98 Å². The highest BCUT2D eigenvalue weighted by molar-refractivity contribution is 5.53. The van der Waals surface area contributed by atoms with Gasteiger partial charge in [-0.15, -0.1) is 0 Å². The molecule has 6 nitrogen and oxygen atoms in total. The smallest absolute Gasteiger partial charge is 0.311 e. The Kier molecular flexibility index (Phi) is 6.63. The van der Waals surface area contributed by atoms with Crippen molar-refractivity contribution in [3.8, 4) is 5.88 Å². The van der Waals surface area contributed by atoms with Gasteiger partial charge in [0.2, 0.25) is 11.7 Å². The van der Waals surface area contributed by atoms with Gasteiger partial charge in [0.05, 0.1) is 11.5 Å². The van der Waals surface area contributed by atoms with E-state index in [0.717, 1.165) is 12.8 Å². The van der Waals surface area contributed by atoms with Crippen LogP contribution in [0.5, 0.6) is 5.88 Å². The minimum atomic E-state index is -0.556. The maximum atomic E-state index is 10.6. The number of rotatable bonds is 9. The third-order valence-electron chi connectivity index (χ3n) is 2.82. The third-order valence-corrected chi connectivity index (χ3v) is 2.82. The van der Waals surface area contributed by atoms with Gasteiger partial charge in [0.1, 0.15) is 0 Å². The van der Waals surface area contributed by atoms with Gasteiger partial charge in [-0.05, 0) is 6.42 Å². The number of nitrogens with two attached hydrogens (primary N) is 1. The lowest BCUT2D eigenvalue weighted by Gasteiger charge is -2.05. The second-order valence-corrected chi connectivity index (χ2v) is 4.43. The molecule has 0 spiro atoms. The molecular weight excluding hydrogens is 246 g/mol. The topological polar surface area (TPSA) is 91.3 Å². The van der Waals surface area contributed by atoms with E-state index < -0.39 is 4.92 Å². The summed E-state index contributed by atoms with van der Waals surface area (Å²) >= 11 is 0. The number of ether oxygens (including phenoxy) is 1. The summed E-state index contributed by atoms with van der Waals surface area (Å²) < 4.78 is 5.41. The summed E-state index contributed by atoms with van der Waals surface area (Å²) in [5.41, 5.74) is 5.29. The molecule has 19 heavy (non-hydrogen) atoms. The number of pyridine rings is 1. The van der Waals surface area contributed by atoms with Crippen LogP contribution in [0.4, 0.5) is 11.5 Å². The Hall–Kier alpha value is -1.85. The Balaban J connectivity index is 2.26. The molecule has 1 heterocycles. The molecule has 0 aliphatic carbocycles. The Labute approximate surface area is 113 Å². The highest BCUT2D eigenvalue weighted by atomic mass is 16.6. The molecule has 0 bridgehead atoms. The van der Waals surface area contributed by atoms with Crippen molar-refractivity contribution in [2.24, 2.45) is 0 Å². The van der Waals surface area contributed by atoms with Crippen LogP contribution in [0.2, 0.25) is 0 Å². The lowest BCUT2D eigenvalue weighted by Crippen LogP contribution is -2.03. The summed E-state index contributed by atoms with van der Waals surface area (Å²) in [7, 11) is 0. The van der Waals surface area contributed by atoms with E-state index in [2.05, 4.69) is 11.9 Å². The SMILES string of the molecule is CCCCCCCCOc1ccc([N+](=O)[O-])c(N)n1. The number of nitrogens with zero attached hydrogens (tertiary/aromatic N) is 2. The van der Waals surface area contributed by atoms with E-state index in [4.69, 9.17) is 10.5 Å². The Morgan fingerprint density at radius 2 is 1.95 bits per heavy atom. The van der Waals surface area contributed by atoms with Gasteiger partial charge in [-0.3, -0.25) is 10.1 Å². The molecule has 0 saturated carbocycles. The van der Waals surface area contributed by atoms with Crippen LogP contribution >= 0.6 is 0 Å². The lowest BCUT2D eigenvalue weighted by atomic mass is 10.1. The van der Waals surface area contributed by atoms with Crippen molar-refractivity contribution in [2.75, 3.05) is 12.3 Å². The van der Waals surface area contributed by atoms with Crippen molar-refractivity contribution in [1.82, 2.24) is 4.98 Å². The van der Waals surface area contributed by atoms with Crippen molar-refractivity contribution in [3.05, 3.63) is 22.2 Å². The molecular formula is C13H21N3O3. The van der Waals surface area contributed by atoms with Gasteiger partial charge < -0.3 is 10.5 Å². The van der Waals surface area contributed by atoms with Crippen molar-refractivity contribution < 1.29 is 9.66 Å². The summed E-state index contributed by atoms with van der Waals surface area (Å²) in [5.74, 6) is 0.238. The highest BCUT2D eigenvalue weighted by Gasteiger charge is 2.13. The van der Waals surface area contributed by atoms with Gasteiger partial charge >= 0.3 is 5.69 Å². The zero-order valence-electron chi connectivity index (χ0n) is 11.3. The normalized spacial score (nSPS) is 10.4. The predicted molar refractivity (Wildman–Crippen MR) is 74.2 cm³/mol. The number of hydrogen-bond acceptors (Lipinski definition) is 5. The van der Waals surface area contributed by atoms with Gasteiger partial charge in [-0.1, -0.05) is 39.0 Å². The average molecular weight is 267 g/mol. The van der Waals surface area contributed by atoms with Crippen LogP contribution in [0.1, 0.15) is 45.4 Å². The number of hydrogen-bond donors (Lipinski definition) is 1. The molecule has 0 saturated heterocycles. The van der Waals surface area contributed by atoms with Gasteiger partial charge in [-0.25, -0.2) is 0 Å². The van der Waals surface area contributed by atoms with Crippen LogP contribution in [-0.4, -0.2) is 16.5 Å². The van der Waals surface area contributed by atoms with E-state index >= 15 is 0 Å². The lowest BCUT2D eigenvalue weighted by molar-refractivity contribution is -0.384. The van der Waals surface area contributed by atoms with E-state index in [1.54, 1.807) is 0 Å². The maximum absolute atomic E-state index is 10.6. The quantitative estimate of drug-likeness (QED) is 0.421. The second-order valence-electron chi connectivity index (χ2n) is 4.43. The highest BCUT2D eigenvalue weighted by Crippen LogP contribution is 2.21. The fourth-order valence-electron chi connectivity index (χ4n) is 1.74. The molecule has 0 amide bonds. The molecule has 0 aliphatic rings. The molecule has 0 fully saturated rings. The van der Waals surface area contributed by atoms with Gasteiger partial charge in [0.25, 0.3) is 0 Å². The van der Waals surface area contributed by atoms with E-state index in [-0.39, 0.29) is 11.5 Å². The van der Waals surface area contributed by atoms with E-state index in [1.807, 2.05) is 0 Å². The van der Waals surface area contributed by atoms with Crippen molar-refractivity contribution in [2.45, 2.75) is 45.4 Å². The van der Waals surface area contributed by atoms with Crippen LogP contribution < -0.4 is 10.5 Å².